The van der Waals surface area contributed by atoms with Gasteiger partial charge in [0.15, 0.2) is 0 Å². The zero-order chi connectivity index (χ0) is 12.6. The van der Waals surface area contributed by atoms with Crippen LogP contribution in [0.2, 0.25) is 0 Å². The van der Waals surface area contributed by atoms with Crippen LogP contribution in [0.25, 0.3) is 0 Å². The van der Waals surface area contributed by atoms with Crippen LogP contribution in [-0.4, -0.2) is 51.8 Å². The molecule has 0 aliphatic carbocycles. The molecule has 1 aliphatic heterocycles. The molecular formula is C11H21N5OS. The van der Waals surface area contributed by atoms with Gasteiger partial charge in [0.25, 0.3) is 0 Å². The Kier molecular flexibility index (Phi) is 5.89. The van der Waals surface area contributed by atoms with Crippen LogP contribution in [0, 0.1) is 0 Å². The van der Waals surface area contributed by atoms with Gasteiger partial charge < -0.3 is 10.1 Å². The van der Waals surface area contributed by atoms with Gasteiger partial charge in [-0.05, 0) is 36.2 Å². The lowest BCUT2D eigenvalue weighted by Crippen LogP contribution is -2.21. The number of ether oxygens (including phenoxy) is 1. The van der Waals surface area contributed by atoms with Gasteiger partial charge in [0, 0.05) is 18.9 Å². The molecule has 6 nitrogen and oxygen atoms in total. The van der Waals surface area contributed by atoms with Gasteiger partial charge in [-0.3, -0.25) is 0 Å². The number of thioether (sulfide) groups is 1. The Morgan fingerprint density at radius 1 is 1.50 bits per heavy atom. The molecule has 1 fully saturated rings. The van der Waals surface area contributed by atoms with E-state index in [2.05, 4.69) is 27.8 Å². The summed E-state index contributed by atoms with van der Waals surface area (Å²) in [6.45, 7) is 5.83. The van der Waals surface area contributed by atoms with Crippen LogP contribution in [0.4, 0.5) is 0 Å². The van der Waals surface area contributed by atoms with Gasteiger partial charge in [-0.15, -0.1) is 5.10 Å². The highest BCUT2D eigenvalue weighted by molar-refractivity contribution is 7.99. The quantitative estimate of drug-likeness (QED) is 0.561. The van der Waals surface area contributed by atoms with Crippen molar-refractivity contribution < 1.29 is 4.74 Å². The van der Waals surface area contributed by atoms with Crippen LogP contribution in [0.15, 0.2) is 5.16 Å². The average Bonchev–Trinajstić information content (AvgIpc) is 3.03. The molecule has 0 spiro atoms. The molecule has 0 radical (unpaired) electrons. The molecule has 7 heteroatoms. The van der Waals surface area contributed by atoms with Crippen LogP contribution >= 0.6 is 11.8 Å². The SMILES string of the molecule is CCCNCCn1nnnc1SCC1CCCO1. The van der Waals surface area contributed by atoms with Crippen LogP contribution in [0.3, 0.4) is 0 Å². The highest BCUT2D eigenvalue weighted by Crippen LogP contribution is 2.21. The molecule has 1 unspecified atom stereocenters. The molecule has 0 saturated carbocycles. The first kappa shape index (κ1) is 13.8. The molecule has 2 rings (SSSR count). The Hall–Kier alpha value is -0.660. The molecule has 1 atom stereocenters. The maximum Gasteiger partial charge on any atom is 0.209 e. The van der Waals surface area contributed by atoms with Gasteiger partial charge in [-0.2, -0.15) is 0 Å². The molecule has 0 bridgehead atoms. The third kappa shape index (κ3) is 4.22. The number of hydrogen-bond donors (Lipinski definition) is 1. The lowest BCUT2D eigenvalue weighted by Gasteiger charge is -2.08. The van der Waals surface area contributed by atoms with Gasteiger partial charge in [0.1, 0.15) is 0 Å². The van der Waals surface area contributed by atoms with Crippen molar-refractivity contribution in [2.45, 2.75) is 44.0 Å². The molecule has 0 aromatic carbocycles. The van der Waals surface area contributed by atoms with Crippen LogP contribution in [-0.2, 0) is 11.3 Å². The Balaban J connectivity index is 1.72. The third-order valence-electron chi connectivity index (χ3n) is 2.85. The van der Waals surface area contributed by atoms with E-state index in [1.807, 2.05) is 4.68 Å². The van der Waals surface area contributed by atoms with Crippen molar-refractivity contribution in [3.8, 4) is 0 Å². The molecule has 1 N–H and O–H groups in total. The van der Waals surface area contributed by atoms with E-state index in [0.717, 1.165) is 50.0 Å². The summed E-state index contributed by atoms with van der Waals surface area (Å²) in [5.74, 6) is 0.947. The van der Waals surface area contributed by atoms with E-state index in [1.54, 1.807) is 11.8 Å². The van der Waals surface area contributed by atoms with Crippen molar-refractivity contribution in [3.05, 3.63) is 0 Å². The van der Waals surface area contributed by atoms with E-state index in [1.165, 1.54) is 6.42 Å². The largest absolute Gasteiger partial charge is 0.377 e. The Morgan fingerprint density at radius 3 is 3.22 bits per heavy atom. The first-order chi connectivity index (χ1) is 8.90. The summed E-state index contributed by atoms with van der Waals surface area (Å²) in [5, 5.41) is 16.1. The summed E-state index contributed by atoms with van der Waals surface area (Å²) in [7, 11) is 0. The van der Waals surface area contributed by atoms with Crippen molar-refractivity contribution in [2.75, 3.05) is 25.4 Å². The minimum Gasteiger partial charge on any atom is -0.377 e. The fraction of sp³-hybridized carbons (Fsp3) is 0.909. The fourth-order valence-corrected chi connectivity index (χ4v) is 2.84. The van der Waals surface area contributed by atoms with Crippen molar-refractivity contribution in [3.63, 3.8) is 0 Å². The number of tetrazole rings is 1. The van der Waals surface area contributed by atoms with E-state index in [-0.39, 0.29) is 0 Å². The molecule has 1 aromatic rings. The third-order valence-corrected chi connectivity index (χ3v) is 3.94. The van der Waals surface area contributed by atoms with Crippen LogP contribution < -0.4 is 5.32 Å². The van der Waals surface area contributed by atoms with Gasteiger partial charge in [0.05, 0.1) is 12.6 Å². The van der Waals surface area contributed by atoms with E-state index in [4.69, 9.17) is 4.74 Å². The number of nitrogens with zero attached hydrogens (tertiary/aromatic N) is 4. The molecule has 2 heterocycles. The van der Waals surface area contributed by atoms with Crippen molar-refractivity contribution in [2.24, 2.45) is 0 Å². The van der Waals surface area contributed by atoms with Gasteiger partial charge >= 0.3 is 0 Å². The molecule has 1 aliphatic rings. The Morgan fingerprint density at radius 2 is 2.44 bits per heavy atom. The summed E-state index contributed by atoms with van der Waals surface area (Å²) in [6, 6.07) is 0. The molecule has 0 amide bonds. The highest BCUT2D eigenvalue weighted by Gasteiger charge is 2.17. The predicted molar refractivity (Wildman–Crippen MR) is 70.7 cm³/mol. The molecular weight excluding hydrogens is 250 g/mol. The van der Waals surface area contributed by atoms with Crippen molar-refractivity contribution in [1.82, 2.24) is 25.5 Å². The standard InChI is InChI=1S/C11H21N5OS/c1-2-5-12-6-7-16-11(13-14-15-16)18-9-10-4-3-8-17-10/h10,12H,2-9H2,1H3. The molecule has 18 heavy (non-hydrogen) atoms. The zero-order valence-electron chi connectivity index (χ0n) is 10.8. The first-order valence-electron chi connectivity index (χ1n) is 6.61. The van der Waals surface area contributed by atoms with Crippen LogP contribution in [0.1, 0.15) is 26.2 Å². The lowest BCUT2D eigenvalue weighted by molar-refractivity contribution is 0.129. The second kappa shape index (κ2) is 7.70. The number of aromatic nitrogens is 4. The van der Waals surface area contributed by atoms with E-state index >= 15 is 0 Å². The predicted octanol–water partition coefficient (Wildman–Crippen LogP) is 0.944. The number of rotatable bonds is 8. The maximum atomic E-state index is 5.59. The topological polar surface area (TPSA) is 64.9 Å². The molecule has 1 saturated heterocycles. The number of hydrogen-bond acceptors (Lipinski definition) is 6. The minimum atomic E-state index is 0.373. The van der Waals surface area contributed by atoms with E-state index in [0.29, 0.717) is 6.10 Å². The van der Waals surface area contributed by atoms with E-state index < -0.39 is 0 Å². The summed E-state index contributed by atoms with van der Waals surface area (Å²) in [6.07, 6.45) is 3.86. The lowest BCUT2D eigenvalue weighted by atomic mass is 10.3. The minimum absolute atomic E-state index is 0.373. The zero-order valence-corrected chi connectivity index (χ0v) is 11.7. The molecule has 102 valence electrons. The summed E-state index contributed by atoms with van der Waals surface area (Å²) in [4.78, 5) is 0. The van der Waals surface area contributed by atoms with Crippen molar-refractivity contribution >= 4 is 11.8 Å². The van der Waals surface area contributed by atoms with Crippen LogP contribution in [0.5, 0.6) is 0 Å². The Labute approximate surface area is 112 Å². The average molecular weight is 271 g/mol. The monoisotopic (exact) mass is 271 g/mol. The summed E-state index contributed by atoms with van der Waals surface area (Å²) in [5.41, 5.74) is 0. The summed E-state index contributed by atoms with van der Waals surface area (Å²) < 4.78 is 7.46. The smallest absolute Gasteiger partial charge is 0.209 e. The number of nitrogens with one attached hydrogen (secondary N) is 1. The normalized spacial score (nSPS) is 19.5. The fourth-order valence-electron chi connectivity index (χ4n) is 1.87. The van der Waals surface area contributed by atoms with Gasteiger partial charge in [-0.1, -0.05) is 18.7 Å². The first-order valence-corrected chi connectivity index (χ1v) is 7.60. The summed E-state index contributed by atoms with van der Waals surface area (Å²) >= 11 is 1.69. The second-order valence-corrected chi connectivity index (χ2v) is 5.37. The van der Waals surface area contributed by atoms with E-state index in [9.17, 15) is 0 Å². The van der Waals surface area contributed by atoms with Gasteiger partial charge in [0.2, 0.25) is 5.16 Å². The highest BCUT2D eigenvalue weighted by atomic mass is 32.2. The van der Waals surface area contributed by atoms with Crippen molar-refractivity contribution in [1.29, 1.82) is 0 Å². The molecule has 1 aromatic heterocycles. The van der Waals surface area contributed by atoms with Gasteiger partial charge in [-0.25, -0.2) is 4.68 Å². The maximum absolute atomic E-state index is 5.59. The Bertz CT molecular complexity index is 340. The second-order valence-electron chi connectivity index (χ2n) is 4.38.